The molecular weight excluding hydrogens is 192 g/mol. The SMILES string of the molecule is CCc1ccc(OC(=O)C(C)(C)C)nn1. The summed E-state index contributed by atoms with van der Waals surface area (Å²) in [6.07, 6.45) is 0.820. The summed E-state index contributed by atoms with van der Waals surface area (Å²) in [6, 6.07) is 3.47. The number of hydrogen-bond donors (Lipinski definition) is 0. The van der Waals surface area contributed by atoms with E-state index >= 15 is 0 Å². The minimum absolute atomic E-state index is 0.257. The fourth-order valence-electron chi connectivity index (χ4n) is 0.839. The van der Waals surface area contributed by atoms with Gasteiger partial charge in [-0.1, -0.05) is 6.92 Å². The number of aromatic nitrogens is 2. The first kappa shape index (κ1) is 11.6. The summed E-state index contributed by atoms with van der Waals surface area (Å²) in [5.74, 6) is -0.0480. The van der Waals surface area contributed by atoms with Crippen molar-refractivity contribution in [1.82, 2.24) is 10.2 Å². The highest BCUT2D eigenvalue weighted by Crippen LogP contribution is 2.17. The fraction of sp³-hybridized carbons (Fsp3) is 0.545. The quantitative estimate of drug-likeness (QED) is 0.697. The van der Waals surface area contributed by atoms with Gasteiger partial charge in [-0.3, -0.25) is 4.79 Å². The van der Waals surface area contributed by atoms with Crippen LogP contribution in [0.4, 0.5) is 0 Å². The van der Waals surface area contributed by atoms with E-state index in [-0.39, 0.29) is 11.8 Å². The average Bonchev–Trinajstić information content (AvgIpc) is 2.17. The molecule has 0 unspecified atom stereocenters. The van der Waals surface area contributed by atoms with Crippen LogP contribution in [0.5, 0.6) is 5.88 Å². The summed E-state index contributed by atoms with van der Waals surface area (Å²) >= 11 is 0. The van der Waals surface area contributed by atoms with E-state index < -0.39 is 5.41 Å². The minimum atomic E-state index is -0.523. The molecule has 1 aromatic rings. The van der Waals surface area contributed by atoms with Crippen LogP contribution in [0.15, 0.2) is 12.1 Å². The first-order valence-electron chi connectivity index (χ1n) is 4.98. The summed E-state index contributed by atoms with van der Waals surface area (Å²) in [7, 11) is 0. The Morgan fingerprint density at radius 1 is 1.33 bits per heavy atom. The molecule has 0 aromatic carbocycles. The highest BCUT2D eigenvalue weighted by atomic mass is 16.5. The van der Waals surface area contributed by atoms with Crippen LogP contribution in [0.1, 0.15) is 33.4 Å². The Morgan fingerprint density at radius 2 is 2.00 bits per heavy atom. The van der Waals surface area contributed by atoms with Crippen molar-refractivity contribution in [2.45, 2.75) is 34.1 Å². The smallest absolute Gasteiger partial charge is 0.317 e. The van der Waals surface area contributed by atoms with Gasteiger partial charge in [-0.25, -0.2) is 0 Å². The van der Waals surface area contributed by atoms with Crippen LogP contribution in [0.2, 0.25) is 0 Å². The number of carbonyl (C=O) groups excluding carboxylic acids is 1. The van der Waals surface area contributed by atoms with Crippen molar-refractivity contribution in [2.75, 3.05) is 0 Å². The first-order chi connectivity index (χ1) is 6.93. The van der Waals surface area contributed by atoms with Gasteiger partial charge >= 0.3 is 5.97 Å². The van der Waals surface area contributed by atoms with Gasteiger partial charge in [0.25, 0.3) is 0 Å². The van der Waals surface area contributed by atoms with E-state index in [4.69, 9.17) is 4.74 Å². The maximum Gasteiger partial charge on any atom is 0.317 e. The third-order valence-electron chi connectivity index (χ3n) is 1.87. The van der Waals surface area contributed by atoms with Gasteiger partial charge in [0.1, 0.15) is 0 Å². The predicted octanol–water partition coefficient (Wildman–Crippen LogP) is 1.99. The summed E-state index contributed by atoms with van der Waals surface area (Å²) in [5, 5.41) is 7.72. The Balaban J connectivity index is 2.70. The lowest BCUT2D eigenvalue weighted by Crippen LogP contribution is -2.26. The molecule has 1 rings (SSSR count). The molecule has 15 heavy (non-hydrogen) atoms. The molecule has 4 nitrogen and oxygen atoms in total. The van der Waals surface area contributed by atoms with Crippen molar-refractivity contribution in [2.24, 2.45) is 5.41 Å². The fourth-order valence-corrected chi connectivity index (χ4v) is 0.839. The Bertz CT molecular complexity index is 339. The number of aryl methyl sites for hydroxylation is 1. The molecule has 1 heterocycles. The standard InChI is InChI=1S/C11H16N2O2/c1-5-8-6-7-9(13-12-8)15-10(14)11(2,3)4/h6-7H,5H2,1-4H3. The van der Waals surface area contributed by atoms with Crippen LogP contribution in [-0.2, 0) is 11.2 Å². The van der Waals surface area contributed by atoms with Crippen LogP contribution >= 0.6 is 0 Å². The van der Waals surface area contributed by atoms with Gasteiger partial charge in [-0.2, -0.15) is 5.10 Å². The van der Waals surface area contributed by atoms with Crippen molar-refractivity contribution in [3.05, 3.63) is 17.8 Å². The zero-order valence-corrected chi connectivity index (χ0v) is 9.57. The van der Waals surface area contributed by atoms with Crippen molar-refractivity contribution < 1.29 is 9.53 Å². The summed E-state index contributed by atoms with van der Waals surface area (Å²) in [5.41, 5.74) is 0.357. The molecule has 0 N–H and O–H groups in total. The van der Waals surface area contributed by atoms with Gasteiger partial charge < -0.3 is 4.74 Å². The van der Waals surface area contributed by atoms with Crippen molar-refractivity contribution in [3.63, 3.8) is 0 Å². The van der Waals surface area contributed by atoms with E-state index in [2.05, 4.69) is 10.2 Å². The van der Waals surface area contributed by atoms with Crippen molar-refractivity contribution in [3.8, 4) is 5.88 Å². The Labute approximate surface area is 89.7 Å². The summed E-state index contributed by atoms with van der Waals surface area (Å²) in [6.45, 7) is 7.38. The van der Waals surface area contributed by atoms with Gasteiger partial charge in [0, 0.05) is 6.07 Å². The molecule has 0 aliphatic rings. The average molecular weight is 208 g/mol. The van der Waals surface area contributed by atoms with E-state index in [1.165, 1.54) is 0 Å². The second-order valence-corrected chi connectivity index (χ2v) is 4.36. The highest BCUT2D eigenvalue weighted by molar-refractivity contribution is 5.77. The molecule has 0 amide bonds. The number of nitrogens with zero attached hydrogens (tertiary/aromatic N) is 2. The molecule has 0 radical (unpaired) electrons. The molecule has 0 aliphatic heterocycles. The van der Waals surface area contributed by atoms with Gasteiger partial charge in [0.15, 0.2) is 0 Å². The maximum absolute atomic E-state index is 11.5. The van der Waals surface area contributed by atoms with E-state index in [0.29, 0.717) is 0 Å². The molecule has 0 spiro atoms. The Kier molecular flexibility index (Phi) is 3.39. The number of rotatable bonds is 2. The number of hydrogen-bond acceptors (Lipinski definition) is 4. The summed E-state index contributed by atoms with van der Waals surface area (Å²) < 4.78 is 5.07. The lowest BCUT2D eigenvalue weighted by Gasteiger charge is -2.15. The molecule has 4 heteroatoms. The second kappa shape index (κ2) is 4.38. The molecule has 0 bridgehead atoms. The van der Waals surface area contributed by atoms with Gasteiger partial charge in [0.2, 0.25) is 5.88 Å². The molecule has 0 saturated carbocycles. The van der Waals surface area contributed by atoms with Gasteiger partial charge in [-0.15, -0.1) is 5.10 Å². The molecular formula is C11H16N2O2. The number of esters is 1. The van der Waals surface area contributed by atoms with E-state index in [9.17, 15) is 4.79 Å². The molecule has 0 atom stereocenters. The molecule has 1 aromatic heterocycles. The molecule has 0 aliphatic carbocycles. The lowest BCUT2D eigenvalue weighted by molar-refractivity contribution is -0.143. The third-order valence-corrected chi connectivity index (χ3v) is 1.87. The number of ether oxygens (including phenoxy) is 1. The second-order valence-electron chi connectivity index (χ2n) is 4.36. The van der Waals surface area contributed by atoms with Crippen molar-refractivity contribution >= 4 is 5.97 Å². The molecule has 0 saturated heterocycles. The van der Waals surface area contributed by atoms with Crippen LogP contribution in [0, 0.1) is 5.41 Å². The predicted molar refractivity (Wildman–Crippen MR) is 56.5 cm³/mol. The van der Waals surface area contributed by atoms with E-state index in [0.717, 1.165) is 12.1 Å². The van der Waals surface area contributed by atoms with E-state index in [1.54, 1.807) is 32.9 Å². The summed E-state index contributed by atoms with van der Waals surface area (Å²) in [4.78, 5) is 11.5. The topological polar surface area (TPSA) is 52.1 Å². The zero-order valence-electron chi connectivity index (χ0n) is 9.57. The molecule has 0 fully saturated rings. The maximum atomic E-state index is 11.5. The Morgan fingerprint density at radius 3 is 2.40 bits per heavy atom. The largest absolute Gasteiger partial charge is 0.405 e. The van der Waals surface area contributed by atoms with Gasteiger partial charge in [-0.05, 0) is 33.3 Å². The first-order valence-corrected chi connectivity index (χ1v) is 4.98. The van der Waals surface area contributed by atoms with Crippen LogP contribution in [0.25, 0.3) is 0 Å². The lowest BCUT2D eigenvalue weighted by atomic mass is 9.97. The van der Waals surface area contributed by atoms with Crippen LogP contribution in [-0.4, -0.2) is 16.2 Å². The number of carbonyl (C=O) groups is 1. The van der Waals surface area contributed by atoms with Crippen molar-refractivity contribution in [1.29, 1.82) is 0 Å². The third kappa shape index (κ3) is 3.31. The minimum Gasteiger partial charge on any atom is -0.405 e. The van der Waals surface area contributed by atoms with Crippen LogP contribution < -0.4 is 4.74 Å². The van der Waals surface area contributed by atoms with Crippen LogP contribution in [0.3, 0.4) is 0 Å². The normalized spacial score (nSPS) is 11.2. The zero-order chi connectivity index (χ0) is 11.5. The Hall–Kier alpha value is -1.45. The highest BCUT2D eigenvalue weighted by Gasteiger charge is 2.24. The molecule has 82 valence electrons. The van der Waals surface area contributed by atoms with E-state index in [1.807, 2.05) is 6.92 Å². The monoisotopic (exact) mass is 208 g/mol. The van der Waals surface area contributed by atoms with Gasteiger partial charge in [0.05, 0.1) is 11.1 Å².